The van der Waals surface area contributed by atoms with Crippen LogP contribution in [0.25, 0.3) is 0 Å². The molecular weight excluding hydrogens is 262 g/mol. The Kier molecular flexibility index (Phi) is 3.73. The minimum atomic E-state index is -0.197. The molecule has 0 aromatic carbocycles. The lowest BCUT2D eigenvalue weighted by Gasteiger charge is -2.02. The highest BCUT2D eigenvalue weighted by molar-refractivity contribution is 7.14. The van der Waals surface area contributed by atoms with E-state index >= 15 is 0 Å². The van der Waals surface area contributed by atoms with Crippen LogP contribution in [0.15, 0.2) is 9.80 Å². The fourth-order valence-corrected chi connectivity index (χ4v) is 2.65. The molecule has 0 bridgehead atoms. The van der Waals surface area contributed by atoms with Gasteiger partial charge in [-0.15, -0.1) is 11.3 Å². The van der Waals surface area contributed by atoms with Gasteiger partial charge in [0.25, 0.3) is 5.91 Å². The number of hydrogen-bond donors (Lipinski definition) is 2. The summed E-state index contributed by atoms with van der Waals surface area (Å²) < 4.78 is 5.45. The molecule has 2 aromatic heterocycles. The Bertz CT molecular complexity index is 613. The van der Waals surface area contributed by atoms with Gasteiger partial charge in [-0.25, -0.2) is 4.98 Å². The molecule has 2 rings (SSSR count). The Morgan fingerprint density at radius 3 is 2.58 bits per heavy atom. The molecule has 1 amide bonds. The second-order valence-corrected chi connectivity index (χ2v) is 5.39. The number of aryl methyl sites for hydroxylation is 2. The molecule has 2 aromatic rings. The van der Waals surface area contributed by atoms with Gasteiger partial charge in [0, 0.05) is 17.0 Å². The summed E-state index contributed by atoms with van der Waals surface area (Å²) in [6, 6.07) is -0.137. The van der Waals surface area contributed by atoms with Crippen molar-refractivity contribution in [1.29, 1.82) is 0 Å². The minimum absolute atomic E-state index is 0.137. The van der Waals surface area contributed by atoms with Crippen molar-refractivity contribution in [3.8, 4) is 0 Å². The third kappa shape index (κ3) is 2.69. The van der Waals surface area contributed by atoms with Crippen molar-refractivity contribution in [3.63, 3.8) is 0 Å². The van der Waals surface area contributed by atoms with E-state index in [1.807, 2.05) is 26.2 Å². The zero-order chi connectivity index (χ0) is 14.2. The summed E-state index contributed by atoms with van der Waals surface area (Å²) in [5.74, 6) is 1.19. The van der Waals surface area contributed by atoms with Crippen molar-refractivity contribution in [2.75, 3.05) is 5.32 Å². The Labute approximate surface area is 115 Å². The minimum Gasteiger partial charge on any atom is -0.466 e. The van der Waals surface area contributed by atoms with E-state index in [1.165, 1.54) is 11.3 Å². The van der Waals surface area contributed by atoms with E-state index < -0.39 is 0 Å². The van der Waals surface area contributed by atoms with Crippen LogP contribution in [-0.2, 0) is 0 Å². The molecule has 0 fully saturated rings. The highest BCUT2D eigenvalue weighted by atomic mass is 32.1. The molecule has 3 N–H and O–H groups in total. The molecule has 2 heterocycles. The highest BCUT2D eigenvalue weighted by Gasteiger charge is 2.19. The van der Waals surface area contributed by atoms with E-state index in [0.717, 1.165) is 17.0 Å². The molecule has 0 saturated carbocycles. The number of nitrogens with zero attached hydrogens (tertiary/aromatic N) is 1. The number of thiazole rings is 1. The van der Waals surface area contributed by atoms with Gasteiger partial charge in [0.15, 0.2) is 5.13 Å². The summed E-state index contributed by atoms with van der Waals surface area (Å²) >= 11 is 1.37. The van der Waals surface area contributed by atoms with Gasteiger partial charge in [0.2, 0.25) is 0 Å². The van der Waals surface area contributed by atoms with Gasteiger partial charge in [0.1, 0.15) is 11.5 Å². The first kappa shape index (κ1) is 13.8. The second kappa shape index (κ2) is 5.14. The van der Waals surface area contributed by atoms with Gasteiger partial charge in [-0.1, -0.05) is 0 Å². The normalized spacial score (nSPS) is 12.5. The predicted molar refractivity (Wildman–Crippen MR) is 75.6 cm³/mol. The maximum Gasteiger partial charge on any atom is 0.261 e. The van der Waals surface area contributed by atoms with Crippen LogP contribution in [0.2, 0.25) is 0 Å². The number of nitrogens with two attached hydrogens (primary N) is 1. The first-order valence-electron chi connectivity index (χ1n) is 5.99. The summed E-state index contributed by atoms with van der Waals surface area (Å²) in [5, 5.41) is 5.18. The zero-order valence-electron chi connectivity index (χ0n) is 11.4. The van der Waals surface area contributed by atoms with E-state index in [2.05, 4.69) is 10.3 Å². The van der Waals surface area contributed by atoms with E-state index in [1.54, 1.807) is 6.92 Å². The van der Waals surface area contributed by atoms with Crippen molar-refractivity contribution in [3.05, 3.63) is 33.7 Å². The first-order chi connectivity index (χ1) is 8.90. The van der Waals surface area contributed by atoms with Gasteiger partial charge >= 0.3 is 0 Å². The summed E-state index contributed by atoms with van der Waals surface area (Å²) in [6.45, 7) is 7.35. The lowest BCUT2D eigenvalue weighted by atomic mass is 10.1. The lowest BCUT2D eigenvalue weighted by molar-refractivity contribution is 0.102. The topological polar surface area (TPSA) is 81.2 Å². The molecule has 0 radical (unpaired) electrons. The number of rotatable bonds is 3. The molecule has 0 aliphatic carbocycles. The van der Waals surface area contributed by atoms with Crippen LogP contribution in [0.5, 0.6) is 0 Å². The fourth-order valence-electron chi connectivity index (χ4n) is 1.84. The van der Waals surface area contributed by atoms with Crippen LogP contribution in [0.4, 0.5) is 5.13 Å². The van der Waals surface area contributed by atoms with E-state index in [4.69, 9.17) is 10.2 Å². The van der Waals surface area contributed by atoms with Crippen LogP contribution >= 0.6 is 11.3 Å². The average Bonchev–Trinajstić information content (AvgIpc) is 2.85. The maximum absolute atomic E-state index is 12.2. The maximum atomic E-state index is 12.2. The predicted octanol–water partition coefficient (Wildman–Crippen LogP) is 2.93. The molecule has 0 spiro atoms. The van der Waals surface area contributed by atoms with Gasteiger partial charge < -0.3 is 10.2 Å². The number of nitrogens with one attached hydrogen (secondary N) is 1. The lowest BCUT2D eigenvalue weighted by Crippen LogP contribution is -2.14. The number of carbonyl (C=O) groups is 1. The van der Waals surface area contributed by atoms with E-state index in [-0.39, 0.29) is 11.9 Å². The van der Waals surface area contributed by atoms with Crippen LogP contribution in [-0.4, -0.2) is 10.9 Å². The summed E-state index contributed by atoms with van der Waals surface area (Å²) in [5.41, 5.74) is 7.95. The van der Waals surface area contributed by atoms with E-state index in [0.29, 0.717) is 16.5 Å². The van der Waals surface area contributed by atoms with Crippen molar-refractivity contribution in [2.24, 2.45) is 5.73 Å². The molecule has 6 heteroatoms. The average molecular weight is 279 g/mol. The molecule has 5 nitrogen and oxygen atoms in total. The van der Waals surface area contributed by atoms with Crippen LogP contribution in [0.3, 0.4) is 0 Å². The van der Waals surface area contributed by atoms with Crippen molar-refractivity contribution in [2.45, 2.75) is 33.7 Å². The van der Waals surface area contributed by atoms with Gasteiger partial charge in [0.05, 0.1) is 11.3 Å². The number of amides is 1. The second-order valence-electron chi connectivity index (χ2n) is 4.53. The summed E-state index contributed by atoms with van der Waals surface area (Å²) in [4.78, 5) is 16.5. The first-order valence-corrected chi connectivity index (χ1v) is 6.87. The molecule has 0 aliphatic rings. The molecule has 1 atom stereocenters. The quantitative estimate of drug-likeness (QED) is 0.905. The van der Waals surface area contributed by atoms with E-state index in [9.17, 15) is 4.79 Å². The fraction of sp³-hybridized carbons (Fsp3) is 0.385. The van der Waals surface area contributed by atoms with Crippen LogP contribution in [0, 0.1) is 20.8 Å². The SMILES string of the molecule is Cc1oc(C)c(C(=O)Nc2nc(C(C)N)cs2)c1C. The third-order valence-electron chi connectivity index (χ3n) is 3.00. The van der Waals surface area contributed by atoms with Crippen molar-refractivity contribution < 1.29 is 9.21 Å². The Morgan fingerprint density at radius 1 is 1.42 bits per heavy atom. The number of carbonyl (C=O) groups excluding carboxylic acids is 1. The number of hydrogen-bond acceptors (Lipinski definition) is 5. The molecular formula is C13H17N3O2S. The Hall–Kier alpha value is -1.66. The van der Waals surface area contributed by atoms with Gasteiger partial charge in [-0.3, -0.25) is 10.1 Å². The molecule has 0 aliphatic heterocycles. The summed E-state index contributed by atoms with van der Waals surface area (Å²) in [7, 11) is 0. The monoisotopic (exact) mass is 279 g/mol. The van der Waals surface area contributed by atoms with Crippen molar-refractivity contribution in [1.82, 2.24) is 4.98 Å². The molecule has 1 unspecified atom stereocenters. The number of furan rings is 1. The molecule has 102 valence electrons. The third-order valence-corrected chi connectivity index (χ3v) is 3.77. The zero-order valence-corrected chi connectivity index (χ0v) is 12.2. The smallest absolute Gasteiger partial charge is 0.261 e. The number of aromatic nitrogens is 1. The van der Waals surface area contributed by atoms with Crippen molar-refractivity contribution >= 4 is 22.4 Å². The molecule has 19 heavy (non-hydrogen) atoms. The highest BCUT2D eigenvalue weighted by Crippen LogP contribution is 2.24. The summed E-state index contributed by atoms with van der Waals surface area (Å²) in [6.07, 6.45) is 0. The van der Waals surface area contributed by atoms with Crippen LogP contribution < -0.4 is 11.1 Å². The van der Waals surface area contributed by atoms with Crippen LogP contribution in [0.1, 0.15) is 46.1 Å². The Morgan fingerprint density at radius 2 is 2.11 bits per heavy atom. The Balaban J connectivity index is 2.21. The standard InChI is InChI=1S/C13H17N3O2S/c1-6-8(3)18-9(4)11(6)12(17)16-13-15-10(5-19-13)7(2)14/h5,7H,14H2,1-4H3,(H,15,16,17). The largest absolute Gasteiger partial charge is 0.466 e. The molecule has 0 saturated heterocycles. The number of anilines is 1. The van der Waals surface area contributed by atoms with Gasteiger partial charge in [-0.05, 0) is 27.7 Å². The van der Waals surface area contributed by atoms with Gasteiger partial charge in [-0.2, -0.15) is 0 Å².